The third-order valence-corrected chi connectivity index (χ3v) is 3.09. The molecule has 2 heterocycles. The second kappa shape index (κ2) is 4.90. The molecule has 3 rings (SSSR count). The Labute approximate surface area is 119 Å². The number of furan rings is 1. The monoisotopic (exact) mass is 288 g/mol. The van der Waals surface area contributed by atoms with Gasteiger partial charge in [0.25, 0.3) is 5.91 Å². The van der Waals surface area contributed by atoms with Gasteiger partial charge in [0.1, 0.15) is 17.3 Å². The van der Waals surface area contributed by atoms with Gasteiger partial charge in [0.15, 0.2) is 5.11 Å². The largest absolute Gasteiger partial charge is 0.465 e. The van der Waals surface area contributed by atoms with Crippen LogP contribution in [-0.2, 0) is 4.79 Å². The molecule has 1 aromatic carbocycles. The van der Waals surface area contributed by atoms with E-state index in [0.29, 0.717) is 5.76 Å². The Morgan fingerprint density at radius 2 is 2.05 bits per heavy atom. The predicted octanol–water partition coefficient (Wildman–Crippen LogP) is 2.68. The molecule has 1 saturated heterocycles. The highest BCUT2D eigenvalue weighted by molar-refractivity contribution is 7.80. The first-order valence-corrected chi connectivity index (χ1v) is 6.23. The Morgan fingerprint density at radius 1 is 1.25 bits per heavy atom. The second-order valence-corrected chi connectivity index (χ2v) is 4.48. The third kappa shape index (κ3) is 2.10. The maximum Gasteiger partial charge on any atom is 0.281 e. The molecule has 0 spiro atoms. The van der Waals surface area contributed by atoms with Crippen molar-refractivity contribution < 1.29 is 13.6 Å². The van der Waals surface area contributed by atoms with E-state index in [1.807, 2.05) is 0 Å². The molecule has 4 nitrogen and oxygen atoms in total. The number of benzene rings is 1. The highest BCUT2D eigenvalue weighted by atomic mass is 32.1. The van der Waals surface area contributed by atoms with Crippen molar-refractivity contribution in [3.8, 4) is 0 Å². The van der Waals surface area contributed by atoms with Crippen LogP contribution in [0.2, 0.25) is 0 Å². The number of rotatable bonds is 2. The first-order chi connectivity index (χ1) is 9.66. The number of nitrogens with zero attached hydrogens (tertiary/aromatic N) is 1. The summed E-state index contributed by atoms with van der Waals surface area (Å²) in [4.78, 5) is 13.4. The minimum atomic E-state index is -0.510. The average molecular weight is 288 g/mol. The molecule has 1 N–H and O–H groups in total. The number of thiocarbonyl (C=S) groups is 1. The van der Waals surface area contributed by atoms with E-state index in [1.165, 1.54) is 24.5 Å². The van der Waals surface area contributed by atoms with E-state index in [9.17, 15) is 9.18 Å². The molecule has 0 bridgehead atoms. The van der Waals surface area contributed by atoms with E-state index in [-0.39, 0.29) is 16.5 Å². The number of hydrogen-bond acceptors (Lipinski definition) is 3. The topological polar surface area (TPSA) is 45.5 Å². The Bertz CT molecular complexity index is 710. The van der Waals surface area contributed by atoms with Crippen LogP contribution in [0.25, 0.3) is 6.08 Å². The van der Waals surface area contributed by atoms with Crippen molar-refractivity contribution in [3.05, 3.63) is 59.9 Å². The molecule has 2 aromatic rings. The Kier molecular flexibility index (Phi) is 3.08. The van der Waals surface area contributed by atoms with Gasteiger partial charge in [-0.2, -0.15) is 0 Å². The second-order valence-electron chi connectivity index (χ2n) is 4.10. The van der Waals surface area contributed by atoms with Gasteiger partial charge in [-0.3, -0.25) is 4.79 Å². The van der Waals surface area contributed by atoms with Crippen LogP contribution < -0.4 is 10.2 Å². The molecule has 0 atom stereocenters. The molecule has 100 valence electrons. The van der Waals surface area contributed by atoms with Gasteiger partial charge >= 0.3 is 0 Å². The summed E-state index contributed by atoms with van der Waals surface area (Å²) in [6, 6.07) is 9.38. The van der Waals surface area contributed by atoms with E-state index in [2.05, 4.69) is 5.32 Å². The fraction of sp³-hybridized carbons (Fsp3) is 0. The van der Waals surface area contributed by atoms with Crippen molar-refractivity contribution in [2.75, 3.05) is 4.90 Å². The van der Waals surface area contributed by atoms with Crippen molar-refractivity contribution in [3.63, 3.8) is 0 Å². The van der Waals surface area contributed by atoms with Crippen LogP contribution >= 0.6 is 12.2 Å². The molecule has 0 unspecified atom stereocenters. The normalized spacial score (nSPS) is 16.9. The number of carbonyl (C=O) groups excluding carboxylic acids is 1. The van der Waals surface area contributed by atoms with Crippen LogP contribution in [0.3, 0.4) is 0 Å². The van der Waals surface area contributed by atoms with Gasteiger partial charge in [-0.25, -0.2) is 9.29 Å². The van der Waals surface area contributed by atoms with Crippen molar-refractivity contribution in [2.24, 2.45) is 0 Å². The lowest BCUT2D eigenvalue weighted by atomic mass is 10.2. The Hall–Kier alpha value is -2.47. The molecule has 6 heteroatoms. The number of halogens is 1. The fourth-order valence-corrected chi connectivity index (χ4v) is 2.19. The molecule has 1 amide bonds. The summed E-state index contributed by atoms with van der Waals surface area (Å²) < 4.78 is 18.9. The first kappa shape index (κ1) is 12.6. The third-order valence-electron chi connectivity index (χ3n) is 2.80. The van der Waals surface area contributed by atoms with Crippen LogP contribution in [0.1, 0.15) is 5.76 Å². The molecule has 0 aliphatic carbocycles. The summed E-state index contributed by atoms with van der Waals surface area (Å²) in [7, 11) is 0. The molecule has 20 heavy (non-hydrogen) atoms. The zero-order valence-corrected chi connectivity index (χ0v) is 11.0. The Balaban J connectivity index is 1.98. The zero-order valence-electron chi connectivity index (χ0n) is 10.2. The van der Waals surface area contributed by atoms with Gasteiger partial charge in [0.05, 0.1) is 12.0 Å². The molecule has 0 saturated carbocycles. The molecular weight excluding hydrogens is 279 g/mol. The van der Waals surface area contributed by atoms with E-state index >= 15 is 0 Å². The van der Waals surface area contributed by atoms with Crippen LogP contribution in [0.4, 0.5) is 10.1 Å². The smallest absolute Gasteiger partial charge is 0.281 e. The van der Waals surface area contributed by atoms with E-state index in [1.54, 1.807) is 24.3 Å². The molecule has 1 aliphatic rings. The van der Waals surface area contributed by atoms with E-state index in [4.69, 9.17) is 16.6 Å². The molecular formula is C14H9FN2O2S. The lowest BCUT2D eigenvalue weighted by molar-refractivity contribution is -0.113. The first-order valence-electron chi connectivity index (χ1n) is 5.82. The van der Waals surface area contributed by atoms with Gasteiger partial charge in [0.2, 0.25) is 0 Å². The molecule has 1 aliphatic heterocycles. The highest BCUT2D eigenvalue weighted by Crippen LogP contribution is 2.24. The summed E-state index contributed by atoms with van der Waals surface area (Å²) in [6.45, 7) is 0. The summed E-state index contributed by atoms with van der Waals surface area (Å²) in [5, 5.41) is 2.90. The van der Waals surface area contributed by atoms with Crippen LogP contribution in [-0.4, -0.2) is 11.0 Å². The van der Waals surface area contributed by atoms with Gasteiger partial charge < -0.3 is 9.73 Å². The number of para-hydroxylation sites is 1. The molecule has 0 radical (unpaired) electrons. The van der Waals surface area contributed by atoms with E-state index < -0.39 is 11.7 Å². The lowest BCUT2D eigenvalue weighted by Gasteiger charge is -2.14. The minimum Gasteiger partial charge on any atom is -0.465 e. The fourth-order valence-electron chi connectivity index (χ4n) is 1.90. The summed E-state index contributed by atoms with van der Waals surface area (Å²) in [6.07, 6.45) is 3.02. The zero-order chi connectivity index (χ0) is 14.1. The quantitative estimate of drug-likeness (QED) is 0.681. The maximum atomic E-state index is 13.8. The van der Waals surface area contributed by atoms with Crippen molar-refractivity contribution in [1.82, 2.24) is 5.32 Å². The molecule has 1 aromatic heterocycles. The maximum absolute atomic E-state index is 13.8. The van der Waals surface area contributed by atoms with Crippen molar-refractivity contribution in [2.45, 2.75) is 0 Å². The summed E-state index contributed by atoms with van der Waals surface area (Å²) in [5.74, 6) is -0.417. The van der Waals surface area contributed by atoms with Crippen molar-refractivity contribution in [1.29, 1.82) is 0 Å². The number of nitrogens with one attached hydrogen (secondary N) is 1. The summed E-state index contributed by atoms with van der Waals surface area (Å²) in [5.41, 5.74) is 0.367. The van der Waals surface area contributed by atoms with Gasteiger partial charge in [-0.1, -0.05) is 12.1 Å². The van der Waals surface area contributed by atoms with Crippen LogP contribution in [0, 0.1) is 5.82 Å². The Morgan fingerprint density at radius 3 is 2.75 bits per heavy atom. The van der Waals surface area contributed by atoms with Gasteiger partial charge in [0, 0.05) is 6.08 Å². The van der Waals surface area contributed by atoms with Crippen LogP contribution in [0.5, 0.6) is 0 Å². The van der Waals surface area contributed by atoms with Gasteiger partial charge in [-0.05, 0) is 36.5 Å². The average Bonchev–Trinajstić information content (AvgIpc) is 3.01. The summed E-state index contributed by atoms with van der Waals surface area (Å²) >= 11 is 5.09. The standard InChI is InChI=1S/C14H9FN2O2S/c15-10-5-1-2-6-12(10)17-13(18)11(16-14(17)20)8-9-4-3-7-19-9/h1-8H,(H,16,20)/b11-8+. The minimum absolute atomic E-state index is 0.123. The number of amides is 1. The number of anilines is 1. The number of hydrogen-bond donors (Lipinski definition) is 1. The lowest BCUT2D eigenvalue weighted by Crippen LogP contribution is -2.31. The number of carbonyl (C=O) groups is 1. The van der Waals surface area contributed by atoms with Gasteiger partial charge in [-0.15, -0.1) is 0 Å². The van der Waals surface area contributed by atoms with Crippen molar-refractivity contribution >= 4 is 35.0 Å². The SMILES string of the molecule is O=C1/C(=C\c2ccco2)NC(=S)N1c1ccccc1F. The highest BCUT2D eigenvalue weighted by Gasteiger charge is 2.33. The van der Waals surface area contributed by atoms with Crippen LogP contribution in [0.15, 0.2) is 52.8 Å². The van der Waals surface area contributed by atoms with E-state index in [0.717, 1.165) is 4.90 Å². The molecule has 1 fully saturated rings. The predicted molar refractivity (Wildman–Crippen MR) is 76.3 cm³/mol.